The Kier molecular flexibility index (Phi) is 6.50. The van der Waals surface area contributed by atoms with Gasteiger partial charge in [-0.25, -0.2) is 0 Å². The van der Waals surface area contributed by atoms with Gasteiger partial charge in [-0.2, -0.15) is 0 Å². The number of nitrogens with two attached hydrogens (primary N) is 1. The van der Waals surface area contributed by atoms with Gasteiger partial charge in [-0.1, -0.05) is 18.2 Å². The molecule has 0 aliphatic carbocycles. The smallest absolute Gasteiger partial charge is 0.322 e. The maximum atomic E-state index is 12.3. The fourth-order valence-corrected chi connectivity index (χ4v) is 2.58. The number of fused-ring (bicyclic) bond motifs is 1. The molecule has 0 aliphatic heterocycles. The Morgan fingerprint density at radius 2 is 1.78 bits per heavy atom. The van der Waals surface area contributed by atoms with Crippen LogP contribution >= 0.6 is 0 Å². The number of carboxylic acid groups (broad SMARTS) is 2. The van der Waals surface area contributed by atoms with Crippen LogP contribution in [0.5, 0.6) is 0 Å². The molecule has 2 unspecified atom stereocenters. The highest BCUT2D eigenvalue weighted by Gasteiger charge is 2.26. The highest BCUT2D eigenvalue weighted by atomic mass is 16.4. The summed E-state index contributed by atoms with van der Waals surface area (Å²) >= 11 is 0. The monoisotopic (exact) mass is 376 g/mol. The number of H-pyrrole nitrogens is 1. The van der Waals surface area contributed by atoms with E-state index in [1.165, 1.54) is 0 Å². The lowest BCUT2D eigenvalue weighted by atomic mass is 10.0. The summed E-state index contributed by atoms with van der Waals surface area (Å²) in [7, 11) is 0. The van der Waals surface area contributed by atoms with Crippen LogP contribution in [0.4, 0.5) is 0 Å². The second kappa shape index (κ2) is 8.81. The molecule has 0 saturated heterocycles. The fraction of sp³-hybridized carbons (Fsp3) is 0.294. The normalized spacial score (nSPS) is 12.9. The average molecular weight is 376 g/mol. The second-order valence-corrected chi connectivity index (χ2v) is 5.94. The largest absolute Gasteiger partial charge is 0.481 e. The Labute approximate surface area is 153 Å². The van der Waals surface area contributed by atoms with E-state index in [9.17, 15) is 19.2 Å². The molecule has 27 heavy (non-hydrogen) atoms. The molecule has 10 heteroatoms. The molecule has 0 bridgehead atoms. The van der Waals surface area contributed by atoms with Crippen LogP contribution in [0, 0.1) is 0 Å². The van der Waals surface area contributed by atoms with E-state index in [1.54, 1.807) is 6.20 Å². The number of rotatable bonds is 9. The van der Waals surface area contributed by atoms with Crippen molar-refractivity contribution >= 4 is 34.7 Å². The van der Waals surface area contributed by atoms with Crippen molar-refractivity contribution in [3.63, 3.8) is 0 Å². The summed E-state index contributed by atoms with van der Waals surface area (Å²) in [5.74, 6) is -4.00. The summed E-state index contributed by atoms with van der Waals surface area (Å²) in [6.07, 6.45) is 1.16. The van der Waals surface area contributed by atoms with E-state index in [2.05, 4.69) is 15.6 Å². The van der Waals surface area contributed by atoms with Crippen molar-refractivity contribution in [2.75, 3.05) is 6.54 Å². The lowest BCUT2D eigenvalue weighted by Gasteiger charge is -2.20. The Balaban J connectivity index is 2.18. The van der Waals surface area contributed by atoms with Crippen molar-refractivity contribution < 1.29 is 29.4 Å². The van der Waals surface area contributed by atoms with Crippen LogP contribution in [0.1, 0.15) is 12.0 Å². The minimum absolute atomic E-state index is 0.0704. The van der Waals surface area contributed by atoms with Gasteiger partial charge >= 0.3 is 11.9 Å². The molecule has 2 rings (SSSR count). The highest BCUT2D eigenvalue weighted by molar-refractivity contribution is 5.93. The first kappa shape index (κ1) is 19.9. The maximum absolute atomic E-state index is 12.3. The zero-order valence-corrected chi connectivity index (χ0v) is 14.3. The van der Waals surface area contributed by atoms with E-state index in [0.29, 0.717) is 0 Å². The Bertz CT molecular complexity index is 862. The van der Waals surface area contributed by atoms with Gasteiger partial charge in [0.2, 0.25) is 11.8 Å². The number of carboxylic acids is 2. The van der Waals surface area contributed by atoms with E-state index in [1.807, 2.05) is 24.3 Å². The molecule has 10 nitrogen and oxygen atoms in total. The molecule has 0 spiro atoms. The highest BCUT2D eigenvalue weighted by Crippen LogP contribution is 2.19. The molecule has 1 aromatic heterocycles. The predicted molar refractivity (Wildman–Crippen MR) is 94.8 cm³/mol. The molecule has 0 saturated carbocycles. The van der Waals surface area contributed by atoms with E-state index in [0.717, 1.165) is 16.5 Å². The van der Waals surface area contributed by atoms with Gasteiger partial charge in [0.15, 0.2) is 0 Å². The topological polar surface area (TPSA) is 175 Å². The number of hydrogen-bond donors (Lipinski definition) is 6. The number of nitrogens with one attached hydrogen (secondary N) is 3. The number of carbonyl (C=O) groups excluding carboxylic acids is 2. The summed E-state index contributed by atoms with van der Waals surface area (Å²) in [6.45, 7) is -0.611. The van der Waals surface area contributed by atoms with Crippen LogP contribution in [0.15, 0.2) is 30.5 Å². The zero-order chi connectivity index (χ0) is 20.0. The molecule has 0 radical (unpaired) electrons. The zero-order valence-electron chi connectivity index (χ0n) is 14.3. The molecule has 0 aliphatic rings. The van der Waals surface area contributed by atoms with Crippen molar-refractivity contribution in [2.45, 2.75) is 24.9 Å². The molecule has 2 amide bonds. The lowest BCUT2D eigenvalue weighted by Crippen LogP contribution is -2.53. The molecular weight excluding hydrogens is 356 g/mol. The quantitative estimate of drug-likeness (QED) is 0.332. The maximum Gasteiger partial charge on any atom is 0.322 e. The van der Waals surface area contributed by atoms with Crippen molar-refractivity contribution in [3.05, 3.63) is 36.0 Å². The van der Waals surface area contributed by atoms with Gasteiger partial charge in [0, 0.05) is 23.5 Å². The third kappa shape index (κ3) is 5.54. The number of benzene rings is 1. The van der Waals surface area contributed by atoms with Gasteiger partial charge in [-0.15, -0.1) is 0 Å². The first-order chi connectivity index (χ1) is 12.8. The van der Waals surface area contributed by atoms with Crippen molar-refractivity contribution in [3.8, 4) is 0 Å². The Hall–Kier alpha value is -3.40. The van der Waals surface area contributed by atoms with Crippen LogP contribution < -0.4 is 16.4 Å². The molecule has 0 fully saturated rings. The van der Waals surface area contributed by atoms with Gasteiger partial charge in [0.05, 0.1) is 12.5 Å². The van der Waals surface area contributed by atoms with Crippen LogP contribution in [0.2, 0.25) is 0 Å². The standard InChI is InChI=1S/C17H20N4O6/c18-11(6-14(22)23)16(26)21-13(17(27)20-8-15(24)25)5-9-7-19-12-4-2-1-3-10(9)12/h1-4,7,11,13,19H,5-6,8,18H2,(H,20,27)(H,21,26)(H,22,23)(H,24,25). The Morgan fingerprint density at radius 1 is 1.07 bits per heavy atom. The molecule has 1 heterocycles. The summed E-state index contributed by atoms with van der Waals surface area (Å²) in [4.78, 5) is 48.9. The summed E-state index contributed by atoms with van der Waals surface area (Å²) in [5, 5.41) is 22.9. The predicted octanol–water partition coefficient (Wildman–Crippen LogP) is -0.802. The van der Waals surface area contributed by atoms with E-state index in [4.69, 9.17) is 15.9 Å². The van der Waals surface area contributed by atoms with Gasteiger partial charge < -0.3 is 31.6 Å². The Morgan fingerprint density at radius 3 is 2.44 bits per heavy atom. The number of aliphatic carboxylic acids is 2. The van der Waals surface area contributed by atoms with Crippen LogP contribution in [-0.2, 0) is 25.6 Å². The minimum Gasteiger partial charge on any atom is -0.481 e. The van der Waals surface area contributed by atoms with Crippen molar-refractivity contribution in [2.24, 2.45) is 5.73 Å². The number of amides is 2. The van der Waals surface area contributed by atoms with Gasteiger partial charge in [0.25, 0.3) is 0 Å². The van der Waals surface area contributed by atoms with Crippen molar-refractivity contribution in [1.29, 1.82) is 0 Å². The van der Waals surface area contributed by atoms with Gasteiger partial charge in [-0.3, -0.25) is 19.2 Å². The second-order valence-electron chi connectivity index (χ2n) is 5.94. The number of aromatic amines is 1. The van der Waals surface area contributed by atoms with Crippen LogP contribution in [0.25, 0.3) is 10.9 Å². The third-order valence-corrected chi connectivity index (χ3v) is 3.88. The third-order valence-electron chi connectivity index (χ3n) is 3.88. The van der Waals surface area contributed by atoms with Crippen LogP contribution in [-0.4, -0.2) is 57.6 Å². The summed E-state index contributed by atoms with van der Waals surface area (Å²) in [5.41, 5.74) is 7.10. The van der Waals surface area contributed by atoms with Gasteiger partial charge in [-0.05, 0) is 11.6 Å². The number of aromatic nitrogens is 1. The molecular formula is C17H20N4O6. The number of hydrogen-bond acceptors (Lipinski definition) is 5. The van der Waals surface area contributed by atoms with Gasteiger partial charge in [0.1, 0.15) is 12.6 Å². The molecule has 1 aromatic carbocycles. The van der Waals surface area contributed by atoms with Crippen LogP contribution in [0.3, 0.4) is 0 Å². The van der Waals surface area contributed by atoms with E-state index >= 15 is 0 Å². The molecule has 144 valence electrons. The number of carbonyl (C=O) groups is 4. The van der Waals surface area contributed by atoms with E-state index < -0.39 is 48.8 Å². The first-order valence-corrected chi connectivity index (χ1v) is 8.10. The average Bonchev–Trinajstić information content (AvgIpc) is 3.01. The van der Waals surface area contributed by atoms with E-state index in [-0.39, 0.29) is 6.42 Å². The number of para-hydroxylation sites is 1. The SMILES string of the molecule is NC(CC(=O)O)C(=O)NC(Cc1c[nH]c2ccccc12)C(=O)NCC(=O)O. The fourth-order valence-electron chi connectivity index (χ4n) is 2.58. The minimum atomic E-state index is -1.33. The summed E-state index contributed by atoms with van der Waals surface area (Å²) < 4.78 is 0. The lowest BCUT2D eigenvalue weighted by molar-refractivity contribution is -0.140. The van der Waals surface area contributed by atoms with Crippen molar-refractivity contribution in [1.82, 2.24) is 15.6 Å². The molecule has 2 atom stereocenters. The first-order valence-electron chi connectivity index (χ1n) is 8.10. The molecule has 7 N–H and O–H groups in total. The molecule has 2 aromatic rings. The summed E-state index contributed by atoms with van der Waals surface area (Å²) in [6, 6.07) is 4.90.